The quantitative estimate of drug-likeness (QED) is 0.348. The van der Waals surface area contributed by atoms with Crippen LogP contribution in [0.15, 0.2) is 91.4 Å². The summed E-state index contributed by atoms with van der Waals surface area (Å²) < 4.78 is 15.3. The Bertz CT molecular complexity index is 1330. The molecule has 1 aliphatic heterocycles. The van der Waals surface area contributed by atoms with Crippen molar-refractivity contribution in [3.05, 3.63) is 114 Å². The molecule has 0 aliphatic carbocycles. The normalized spacial score (nSPS) is 17.1. The smallest absolute Gasteiger partial charge is 0.226 e. The van der Waals surface area contributed by atoms with E-state index in [1.54, 1.807) is 24.5 Å². The van der Waals surface area contributed by atoms with Crippen molar-refractivity contribution in [2.24, 2.45) is 0 Å². The molecule has 2 atom stereocenters. The highest BCUT2D eigenvalue weighted by atomic mass is 32.1. The van der Waals surface area contributed by atoms with Crippen LogP contribution >= 0.6 is 12.2 Å². The molecule has 1 amide bonds. The molecule has 3 aromatic heterocycles. The lowest BCUT2D eigenvalue weighted by Gasteiger charge is -2.28. The van der Waals surface area contributed by atoms with Gasteiger partial charge in [0.2, 0.25) is 5.91 Å². The Kier molecular flexibility index (Phi) is 6.99. The van der Waals surface area contributed by atoms with Gasteiger partial charge >= 0.3 is 0 Å². The number of hydrogen-bond acceptors (Lipinski definition) is 4. The number of aromatic nitrogens is 3. The van der Waals surface area contributed by atoms with Crippen LogP contribution in [0.4, 0.5) is 10.1 Å². The first kappa shape index (κ1) is 23.6. The van der Waals surface area contributed by atoms with E-state index in [1.807, 2.05) is 53.6 Å². The Morgan fingerprint density at radius 3 is 2.50 bits per heavy atom. The van der Waals surface area contributed by atoms with Crippen LogP contribution in [0.5, 0.6) is 0 Å². The largest absolute Gasteiger partial charge is 0.352 e. The molecule has 2 N–H and O–H groups in total. The summed E-state index contributed by atoms with van der Waals surface area (Å²) in [6.07, 6.45) is 5.79. The molecule has 9 heteroatoms. The molecule has 0 bridgehead atoms. The molecule has 7 nitrogen and oxygen atoms in total. The van der Waals surface area contributed by atoms with E-state index in [2.05, 4.69) is 31.2 Å². The Labute approximate surface area is 214 Å². The number of carbonyl (C=O) groups excluding carboxylic acids is 1. The fourth-order valence-corrected chi connectivity index (χ4v) is 4.78. The van der Waals surface area contributed by atoms with Crippen LogP contribution in [-0.4, -0.2) is 37.0 Å². The van der Waals surface area contributed by atoms with Gasteiger partial charge in [-0.05, 0) is 72.9 Å². The highest BCUT2D eigenvalue weighted by Crippen LogP contribution is 2.39. The maximum Gasteiger partial charge on any atom is 0.226 e. The van der Waals surface area contributed by atoms with Crippen molar-refractivity contribution in [1.82, 2.24) is 24.8 Å². The standard InChI is InChI=1S/C27H25FN6OS/c28-19-9-11-20(12-10-19)31-24(35)13-17-34-26(25(32-27(34)36)22-7-2-4-15-30-22)23-8-5-16-33(23)18-21-6-1-3-14-29-21/h1-12,14-16,25-26H,13,17-18H2,(H,31,35)(H,32,36). The third-order valence-corrected chi connectivity index (χ3v) is 6.48. The molecule has 0 spiro atoms. The summed E-state index contributed by atoms with van der Waals surface area (Å²) in [6, 6.07) is 21.1. The molecule has 1 aromatic carbocycles. The molecular weight excluding hydrogens is 475 g/mol. The summed E-state index contributed by atoms with van der Waals surface area (Å²) in [5.41, 5.74) is 3.41. The second kappa shape index (κ2) is 10.7. The maximum absolute atomic E-state index is 13.2. The van der Waals surface area contributed by atoms with Gasteiger partial charge in [0, 0.05) is 42.9 Å². The molecule has 2 unspecified atom stereocenters. The highest BCUT2D eigenvalue weighted by Gasteiger charge is 2.41. The Morgan fingerprint density at radius 1 is 1.00 bits per heavy atom. The third-order valence-electron chi connectivity index (χ3n) is 6.13. The Morgan fingerprint density at radius 2 is 1.78 bits per heavy atom. The van der Waals surface area contributed by atoms with Crippen LogP contribution in [-0.2, 0) is 11.3 Å². The number of nitrogens with one attached hydrogen (secondary N) is 2. The minimum Gasteiger partial charge on any atom is -0.352 e. The first-order valence-corrected chi connectivity index (χ1v) is 12.1. The summed E-state index contributed by atoms with van der Waals surface area (Å²) in [6.45, 7) is 1.02. The van der Waals surface area contributed by atoms with Gasteiger partial charge in [0.1, 0.15) is 5.82 Å². The summed E-state index contributed by atoms with van der Waals surface area (Å²) in [7, 11) is 0. The summed E-state index contributed by atoms with van der Waals surface area (Å²) in [4.78, 5) is 23.8. The molecule has 4 aromatic rings. The number of carbonyl (C=O) groups is 1. The van der Waals surface area contributed by atoms with E-state index in [-0.39, 0.29) is 30.2 Å². The Hall–Kier alpha value is -4.11. The van der Waals surface area contributed by atoms with E-state index in [0.29, 0.717) is 23.9 Å². The topological polar surface area (TPSA) is 75.1 Å². The van der Waals surface area contributed by atoms with E-state index in [4.69, 9.17) is 12.2 Å². The van der Waals surface area contributed by atoms with Crippen LogP contribution in [0.3, 0.4) is 0 Å². The number of thiocarbonyl (C=S) groups is 1. The average Bonchev–Trinajstić information content (AvgIpc) is 3.48. The first-order chi connectivity index (χ1) is 17.6. The van der Waals surface area contributed by atoms with Gasteiger partial charge in [-0.15, -0.1) is 0 Å². The minimum atomic E-state index is -0.349. The van der Waals surface area contributed by atoms with Gasteiger partial charge in [0.15, 0.2) is 5.11 Å². The van der Waals surface area contributed by atoms with Crippen LogP contribution < -0.4 is 10.6 Å². The van der Waals surface area contributed by atoms with Gasteiger partial charge in [0.25, 0.3) is 0 Å². The number of benzene rings is 1. The fourth-order valence-electron chi connectivity index (χ4n) is 4.45. The van der Waals surface area contributed by atoms with Crippen molar-refractivity contribution in [3.63, 3.8) is 0 Å². The van der Waals surface area contributed by atoms with Gasteiger partial charge in [0.05, 0.1) is 30.0 Å². The third kappa shape index (κ3) is 5.26. The molecule has 36 heavy (non-hydrogen) atoms. The molecule has 1 fully saturated rings. The molecule has 0 radical (unpaired) electrons. The first-order valence-electron chi connectivity index (χ1n) is 11.7. The monoisotopic (exact) mass is 500 g/mol. The zero-order valence-corrected chi connectivity index (χ0v) is 20.2. The number of pyridine rings is 2. The van der Waals surface area contributed by atoms with E-state index < -0.39 is 0 Å². The van der Waals surface area contributed by atoms with Gasteiger partial charge in [-0.1, -0.05) is 12.1 Å². The maximum atomic E-state index is 13.2. The second-order valence-electron chi connectivity index (χ2n) is 8.51. The molecule has 4 heterocycles. The number of rotatable bonds is 8. The van der Waals surface area contributed by atoms with Gasteiger partial charge in [-0.2, -0.15) is 0 Å². The zero-order chi connectivity index (χ0) is 24.9. The lowest BCUT2D eigenvalue weighted by molar-refractivity contribution is -0.116. The number of halogens is 1. The van der Waals surface area contributed by atoms with Crippen molar-refractivity contribution in [1.29, 1.82) is 0 Å². The molecule has 0 saturated carbocycles. The lowest BCUT2D eigenvalue weighted by atomic mass is 10.0. The Balaban J connectivity index is 1.39. The van der Waals surface area contributed by atoms with E-state index in [9.17, 15) is 9.18 Å². The molecule has 1 aliphatic rings. The molecule has 5 rings (SSSR count). The predicted molar refractivity (Wildman–Crippen MR) is 140 cm³/mol. The lowest BCUT2D eigenvalue weighted by Crippen LogP contribution is -2.33. The van der Waals surface area contributed by atoms with Gasteiger partial charge in [-0.3, -0.25) is 14.8 Å². The average molecular weight is 501 g/mol. The van der Waals surface area contributed by atoms with Crippen LogP contribution in [0.25, 0.3) is 0 Å². The van der Waals surface area contributed by atoms with Crippen molar-refractivity contribution in [3.8, 4) is 0 Å². The minimum absolute atomic E-state index is 0.173. The van der Waals surface area contributed by atoms with Crippen molar-refractivity contribution in [2.45, 2.75) is 25.0 Å². The highest BCUT2D eigenvalue weighted by molar-refractivity contribution is 7.80. The molecule has 182 valence electrons. The number of hydrogen-bond donors (Lipinski definition) is 2. The summed E-state index contributed by atoms with van der Waals surface area (Å²) in [5.74, 6) is -0.521. The van der Waals surface area contributed by atoms with Crippen LogP contribution in [0, 0.1) is 5.82 Å². The van der Waals surface area contributed by atoms with Gasteiger partial charge < -0.3 is 20.1 Å². The fraction of sp³-hybridized carbons (Fsp3) is 0.185. The van der Waals surface area contributed by atoms with Crippen molar-refractivity contribution < 1.29 is 9.18 Å². The van der Waals surface area contributed by atoms with Crippen LogP contribution in [0.1, 0.15) is 35.6 Å². The summed E-state index contributed by atoms with van der Waals surface area (Å²) in [5, 5.41) is 6.81. The van der Waals surface area contributed by atoms with E-state index in [0.717, 1.165) is 17.1 Å². The van der Waals surface area contributed by atoms with Gasteiger partial charge in [-0.25, -0.2) is 4.39 Å². The van der Waals surface area contributed by atoms with E-state index in [1.165, 1.54) is 12.1 Å². The second-order valence-corrected chi connectivity index (χ2v) is 8.89. The summed E-state index contributed by atoms with van der Waals surface area (Å²) >= 11 is 5.73. The van der Waals surface area contributed by atoms with E-state index >= 15 is 0 Å². The van der Waals surface area contributed by atoms with Crippen LogP contribution in [0.2, 0.25) is 0 Å². The predicted octanol–water partition coefficient (Wildman–Crippen LogP) is 4.47. The molecule has 1 saturated heterocycles. The SMILES string of the molecule is O=C(CCN1C(=S)NC(c2ccccn2)C1c1cccn1Cc1ccccn1)Nc1ccc(F)cc1. The number of amides is 1. The zero-order valence-electron chi connectivity index (χ0n) is 19.4. The number of anilines is 1. The van der Waals surface area contributed by atoms with Crippen molar-refractivity contribution in [2.75, 3.05) is 11.9 Å². The molecular formula is C27H25FN6OS. The van der Waals surface area contributed by atoms with Crippen molar-refractivity contribution >= 4 is 28.9 Å². The number of nitrogens with zero attached hydrogens (tertiary/aromatic N) is 4.